The van der Waals surface area contributed by atoms with Gasteiger partial charge in [0.1, 0.15) is 5.82 Å². The van der Waals surface area contributed by atoms with Crippen LogP contribution in [0.15, 0.2) is 40.2 Å². The van der Waals surface area contributed by atoms with Crippen molar-refractivity contribution in [2.24, 2.45) is 0 Å². The minimum Gasteiger partial charge on any atom is -0.334 e. The molecule has 0 radical (unpaired) electrons. The van der Waals surface area contributed by atoms with E-state index in [1.807, 2.05) is 0 Å². The van der Waals surface area contributed by atoms with E-state index in [2.05, 4.69) is 30.6 Å². The van der Waals surface area contributed by atoms with E-state index in [0.717, 1.165) is 6.20 Å². The van der Waals surface area contributed by atoms with Crippen LogP contribution in [0.25, 0.3) is 0 Å². The summed E-state index contributed by atoms with van der Waals surface area (Å²) in [6, 6.07) is 4.03. The molecule has 1 heterocycles. The standard InChI is InChI=1S/C9H7BrFN3O2S/c10-6-1-2-8(7(11)3-6)14-17(15,16)9-4-12-5-13-9/h1-5,14H,(H,12,13). The molecule has 0 spiro atoms. The molecule has 5 nitrogen and oxygen atoms in total. The molecule has 90 valence electrons. The zero-order chi connectivity index (χ0) is 12.5. The Hall–Kier alpha value is -1.41. The Morgan fingerprint density at radius 3 is 2.76 bits per heavy atom. The number of hydrogen-bond acceptors (Lipinski definition) is 3. The average molecular weight is 320 g/mol. The predicted octanol–water partition coefficient (Wildman–Crippen LogP) is 2.11. The quantitative estimate of drug-likeness (QED) is 0.909. The zero-order valence-electron chi connectivity index (χ0n) is 8.31. The van der Waals surface area contributed by atoms with Crippen LogP contribution in [0.1, 0.15) is 0 Å². The molecule has 0 aliphatic carbocycles. The van der Waals surface area contributed by atoms with Gasteiger partial charge in [-0.15, -0.1) is 0 Å². The number of rotatable bonds is 3. The summed E-state index contributed by atoms with van der Waals surface area (Å²) in [5.41, 5.74) is -0.122. The molecular weight excluding hydrogens is 313 g/mol. The van der Waals surface area contributed by atoms with Crippen LogP contribution >= 0.6 is 15.9 Å². The SMILES string of the molecule is O=S(=O)(Nc1ccc(Br)cc1F)c1cnc[nH]1. The first-order valence-electron chi connectivity index (χ1n) is 4.45. The lowest BCUT2D eigenvalue weighted by atomic mass is 10.3. The van der Waals surface area contributed by atoms with E-state index in [1.165, 1.54) is 24.5 Å². The average Bonchev–Trinajstić information content (AvgIpc) is 2.76. The van der Waals surface area contributed by atoms with Crippen LogP contribution in [0.5, 0.6) is 0 Å². The number of sulfonamides is 1. The third-order valence-electron chi connectivity index (χ3n) is 1.94. The van der Waals surface area contributed by atoms with E-state index in [0.29, 0.717) is 4.47 Å². The molecular formula is C9H7BrFN3O2S. The van der Waals surface area contributed by atoms with Crippen LogP contribution < -0.4 is 4.72 Å². The summed E-state index contributed by atoms with van der Waals surface area (Å²) in [6.45, 7) is 0. The highest BCUT2D eigenvalue weighted by Crippen LogP contribution is 2.21. The Morgan fingerprint density at radius 2 is 2.18 bits per heavy atom. The Morgan fingerprint density at radius 1 is 1.41 bits per heavy atom. The molecule has 0 saturated heterocycles. The topological polar surface area (TPSA) is 74.8 Å². The maximum atomic E-state index is 13.4. The zero-order valence-corrected chi connectivity index (χ0v) is 10.7. The fourth-order valence-electron chi connectivity index (χ4n) is 1.16. The molecule has 1 aromatic heterocycles. The molecule has 0 unspecified atom stereocenters. The van der Waals surface area contributed by atoms with Crippen molar-refractivity contribution in [3.05, 3.63) is 41.0 Å². The summed E-state index contributed by atoms with van der Waals surface area (Å²) in [5, 5.41) is -0.125. The number of nitrogens with zero attached hydrogens (tertiary/aromatic N) is 1. The van der Waals surface area contributed by atoms with E-state index in [1.54, 1.807) is 0 Å². The van der Waals surface area contributed by atoms with Gasteiger partial charge in [0.15, 0.2) is 5.03 Å². The van der Waals surface area contributed by atoms with Crippen molar-refractivity contribution < 1.29 is 12.8 Å². The minimum atomic E-state index is -3.83. The van der Waals surface area contributed by atoms with Crippen molar-refractivity contribution >= 4 is 31.6 Å². The highest BCUT2D eigenvalue weighted by molar-refractivity contribution is 9.10. The molecule has 17 heavy (non-hydrogen) atoms. The molecule has 2 N–H and O–H groups in total. The molecule has 8 heteroatoms. The van der Waals surface area contributed by atoms with Crippen LogP contribution in [-0.4, -0.2) is 18.4 Å². The Balaban J connectivity index is 2.33. The lowest BCUT2D eigenvalue weighted by Gasteiger charge is -2.07. The van der Waals surface area contributed by atoms with Crippen LogP contribution in [0, 0.1) is 5.82 Å². The highest BCUT2D eigenvalue weighted by atomic mass is 79.9. The monoisotopic (exact) mass is 319 g/mol. The second-order valence-corrected chi connectivity index (χ2v) is 5.71. The maximum absolute atomic E-state index is 13.4. The normalized spacial score (nSPS) is 11.4. The third-order valence-corrected chi connectivity index (χ3v) is 3.72. The molecule has 0 atom stereocenters. The van der Waals surface area contributed by atoms with Gasteiger partial charge < -0.3 is 4.98 Å². The first kappa shape index (κ1) is 12.1. The maximum Gasteiger partial charge on any atom is 0.279 e. The summed E-state index contributed by atoms with van der Waals surface area (Å²) >= 11 is 3.08. The Kier molecular flexibility index (Phi) is 3.16. The van der Waals surface area contributed by atoms with E-state index in [9.17, 15) is 12.8 Å². The van der Waals surface area contributed by atoms with E-state index in [4.69, 9.17) is 0 Å². The first-order valence-corrected chi connectivity index (χ1v) is 6.73. The number of aromatic nitrogens is 2. The van der Waals surface area contributed by atoms with Gasteiger partial charge in [0, 0.05) is 4.47 Å². The molecule has 0 saturated carbocycles. The van der Waals surface area contributed by atoms with E-state index >= 15 is 0 Å². The molecule has 2 rings (SSSR count). The van der Waals surface area contributed by atoms with Crippen molar-refractivity contribution in [3.63, 3.8) is 0 Å². The van der Waals surface area contributed by atoms with Gasteiger partial charge in [0.05, 0.1) is 18.2 Å². The number of H-pyrrole nitrogens is 1. The summed E-state index contributed by atoms with van der Waals surface area (Å²) in [7, 11) is -3.83. The smallest absolute Gasteiger partial charge is 0.279 e. The highest BCUT2D eigenvalue weighted by Gasteiger charge is 2.17. The fraction of sp³-hybridized carbons (Fsp3) is 0. The summed E-state index contributed by atoms with van der Waals surface area (Å²) in [6.07, 6.45) is 2.37. The van der Waals surface area contributed by atoms with Gasteiger partial charge >= 0.3 is 0 Å². The number of halogens is 2. The fourth-order valence-corrected chi connectivity index (χ4v) is 2.47. The van der Waals surface area contributed by atoms with Crippen LogP contribution in [0.3, 0.4) is 0 Å². The van der Waals surface area contributed by atoms with Gasteiger partial charge in [-0.05, 0) is 18.2 Å². The van der Waals surface area contributed by atoms with Crippen LogP contribution in [-0.2, 0) is 10.0 Å². The molecule has 0 amide bonds. The van der Waals surface area contributed by atoms with Gasteiger partial charge in [-0.2, -0.15) is 8.42 Å². The number of nitrogens with one attached hydrogen (secondary N) is 2. The van der Waals surface area contributed by atoms with Gasteiger partial charge in [-0.1, -0.05) is 15.9 Å². The molecule has 0 aliphatic rings. The van der Waals surface area contributed by atoms with Crippen molar-refractivity contribution in [1.29, 1.82) is 0 Å². The number of hydrogen-bond donors (Lipinski definition) is 2. The predicted molar refractivity (Wildman–Crippen MR) is 63.5 cm³/mol. The van der Waals surface area contributed by atoms with Gasteiger partial charge in [0.25, 0.3) is 10.0 Å². The van der Waals surface area contributed by atoms with Crippen molar-refractivity contribution in [2.45, 2.75) is 5.03 Å². The van der Waals surface area contributed by atoms with Gasteiger partial charge in [-0.25, -0.2) is 9.37 Å². The summed E-state index contributed by atoms with van der Waals surface area (Å²) < 4.78 is 39.6. The minimum absolute atomic E-state index is 0.122. The number of benzene rings is 1. The second kappa shape index (κ2) is 4.46. The van der Waals surface area contributed by atoms with Gasteiger partial charge in [0.2, 0.25) is 0 Å². The second-order valence-electron chi connectivity index (χ2n) is 3.15. The Labute approximate surface area is 105 Å². The Bertz CT molecular complexity index is 628. The molecule has 0 bridgehead atoms. The van der Waals surface area contributed by atoms with Crippen molar-refractivity contribution in [2.75, 3.05) is 4.72 Å². The summed E-state index contributed by atoms with van der Waals surface area (Å²) in [4.78, 5) is 6.03. The molecule has 1 aromatic carbocycles. The van der Waals surface area contributed by atoms with Crippen molar-refractivity contribution in [3.8, 4) is 0 Å². The van der Waals surface area contributed by atoms with E-state index in [-0.39, 0.29) is 10.7 Å². The lowest BCUT2D eigenvalue weighted by Crippen LogP contribution is -2.14. The number of aromatic amines is 1. The lowest BCUT2D eigenvalue weighted by molar-refractivity contribution is 0.595. The first-order chi connectivity index (χ1) is 7.99. The number of anilines is 1. The largest absolute Gasteiger partial charge is 0.334 e. The summed E-state index contributed by atoms with van der Waals surface area (Å²) in [5.74, 6) is -0.664. The van der Waals surface area contributed by atoms with Crippen molar-refractivity contribution in [1.82, 2.24) is 9.97 Å². The number of imidazole rings is 1. The van der Waals surface area contributed by atoms with Crippen LogP contribution in [0.4, 0.5) is 10.1 Å². The molecule has 2 aromatic rings. The van der Waals surface area contributed by atoms with Gasteiger partial charge in [-0.3, -0.25) is 4.72 Å². The molecule has 0 aliphatic heterocycles. The van der Waals surface area contributed by atoms with E-state index < -0.39 is 15.8 Å². The van der Waals surface area contributed by atoms with Crippen LogP contribution in [0.2, 0.25) is 0 Å². The molecule has 0 fully saturated rings. The third kappa shape index (κ3) is 2.64.